The van der Waals surface area contributed by atoms with E-state index in [9.17, 15) is 9.59 Å². The van der Waals surface area contributed by atoms with E-state index >= 15 is 0 Å². The fraction of sp³-hybridized carbons (Fsp3) is 0.136. The maximum Gasteiger partial charge on any atom is 0.248 e. The van der Waals surface area contributed by atoms with Crippen LogP contribution in [0.5, 0.6) is 0 Å². The van der Waals surface area contributed by atoms with Gasteiger partial charge in [-0.25, -0.2) is 0 Å². The standard InChI is InChI=1S/C22H21N3O3S/c1-15-14-20(25-28-15)24-22(27)16(2)29-19-11-9-18(10-12-19)23-21(26)13-8-17-6-4-3-5-7-17/h3-14,16H,1-2H3,(H,23,26)(H,24,25,27)/b13-8+. The lowest BCUT2D eigenvalue weighted by atomic mass is 10.2. The summed E-state index contributed by atoms with van der Waals surface area (Å²) in [6, 6.07) is 18.6. The zero-order chi connectivity index (χ0) is 20.6. The van der Waals surface area contributed by atoms with Crippen molar-refractivity contribution in [2.45, 2.75) is 24.0 Å². The SMILES string of the molecule is Cc1cc(NC(=O)C(C)Sc2ccc(NC(=O)/C=C/c3ccccc3)cc2)no1. The first-order valence-electron chi connectivity index (χ1n) is 9.04. The minimum atomic E-state index is -0.318. The van der Waals surface area contributed by atoms with Crippen molar-refractivity contribution in [1.29, 1.82) is 0 Å². The molecule has 1 atom stereocenters. The van der Waals surface area contributed by atoms with Gasteiger partial charge in [-0.2, -0.15) is 0 Å². The number of thioether (sulfide) groups is 1. The Hall–Kier alpha value is -3.32. The molecule has 0 aliphatic rings. The molecule has 3 rings (SSSR count). The van der Waals surface area contributed by atoms with E-state index in [2.05, 4.69) is 15.8 Å². The van der Waals surface area contributed by atoms with Crippen LogP contribution in [0.3, 0.4) is 0 Å². The number of hydrogen-bond donors (Lipinski definition) is 2. The van der Waals surface area contributed by atoms with Crippen LogP contribution >= 0.6 is 11.8 Å². The molecule has 0 radical (unpaired) electrons. The number of rotatable bonds is 7. The molecule has 0 saturated carbocycles. The summed E-state index contributed by atoms with van der Waals surface area (Å²) in [5, 5.41) is 8.97. The second-order valence-electron chi connectivity index (χ2n) is 6.33. The Kier molecular flexibility index (Phi) is 6.86. The number of carbonyl (C=O) groups excluding carboxylic acids is 2. The van der Waals surface area contributed by atoms with Gasteiger partial charge in [0.2, 0.25) is 11.8 Å². The van der Waals surface area contributed by atoms with E-state index in [-0.39, 0.29) is 17.1 Å². The van der Waals surface area contributed by atoms with Gasteiger partial charge in [-0.15, -0.1) is 11.8 Å². The highest BCUT2D eigenvalue weighted by Crippen LogP contribution is 2.25. The summed E-state index contributed by atoms with van der Waals surface area (Å²) in [6.45, 7) is 3.58. The molecule has 148 valence electrons. The molecule has 0 bridgehead atoms. The van der Waals surface area contributed by atoms with Crippen LogP contribution in [0.1, 0.15) is 18.2 Å². The predicted molar refractivity (Wildman–Crippen MR) is 116 cm³/mol. The van der Waals surface area contributed by atoms with E-state index in [1.165, 1.54) is 17.8 Å². The van der Waals surface area contributed by atoms with E-state index in [1.807, 2.05) is 61.5 Å². The van der Waals surface area contributed by atoms with Gasteiger partial charge < -0.3 is 15.2 Å². The van der Waals surface area contributed by atoms with Crippen LogP contribution < -0.4 is 10.6 Å². The number of aryl methyl sites for hydroxylation is 1. The number of nitrogens with zero attached hydrogens (tertiary/aromatic N) is 1. The summed E-state index contributed by atoms with van der Waals surface area (Å²) >= 11 is 1.42. The Bertz CT molecular complexity index is 998. The van der Waals surface area contributed by atoms with Gasteiger partial charge in [-0.05, 0) is 49.8 Å². The molecule has 2 aromatic carbocycles. The molecule has 1 unspecified atom stereocenters. The normalized spacial score (nSPS) is 11.9. The van der Waals surface area contributed by atoms with Crippen LogP contribution in [-0.2, 0) is 9.59 Å². The maximum absolute atomic E-state index is 12.2. The van der Waals surface area contributed by atoms with Gasteiger partial charge in [0, 0.05) is 22.7 Å². The molecule has 0 saturated heterocycles. The fourth-order valence-electron chi connectivity index (χ4n) is 2.45. The molecular formula is C22H21N3O3S. The van der Waals surface area contributed by atoms with Crippen molar-refractivity contribution in [2.75, 3.05) is 10.6 Å². The average molecular weight is 407 g/mol. The lowest BCUT2D eigenvalue weighted by Gasteiger charge is -2.11. The topological polar surface area (TPSA) is 84.2 Å². The van der Waals surface area contributed by atoms with Crippen LogP contribution in [0.25, 0.3) is 6.08 Å². The molecule has 1 aromatic heterocycles. The van der Waals surface area contributed by atoms with Gasteiger partial charge in [0.1, 0.15) is 5.76 Å². The third-order valence-electron chi connectivity index (χ3n) is 3.91. The summed E-state index contributed by atoms with van der Waals surface area (Å²) in [5.41, 5.74) is 1.65. The van der Waals surface area contributed by atoms with Crippen LogP contribution in [0, 0.1) is 6.92 Å². The number of anilines is 2. The van der Waals surface area contributed by atoms with Gasteiger partial charge >= 0.3 is 0 Å². The second kappa shape index (κ2) is 9.75. The minimum Gasteiger partial charge on any atom is -0.360 e. The van der Waals surface area contributed by atoms with Crippen LogP contribution in [-0.4, -0.2) is 22.2 Å². The van der Waals surface area contributed by atoms with Gasteiger partial charge in [-0.1, -0.05) is 35.5 Å². The molecule has 6 nitrogen and oxygen atoms in total. The summed E-state index contributed by atoms with van der Waals surface area (Å²) in [5.74, 6) is 0.676. The minimum absolute atomic E-state index is 0.160. The first-order valence-corrected chi connectivity index (χ1v) is 9.92. The van der Waals surface area contributed by atoms with Crippen molar-refractivity contribution >= 4 is 41.2 Å². The smallest absolute Gasteiger partial charge is 0.248 e. The molecule has 0 fully saturated rings. The lowest BCUT2D eigenvalue weighted by molar-refractivity contribution is -0.115. The van der Waals surface area contributed by atoms with E-state index in [0.29, 0.717) is 17.3 Å². The molecule has 2 amide bonds. The van der Waals surface area contributed by atoms with Crippen molar-refractivity contribution < 1.29 is 14.1 Å². The Labute approximate surface area is 173 Å². The second-order valence-corrected chi connectivity index (χ2v) is 7.74. The van der Waals surface area contributed by atoms with Gasteiger partial charge in [0.15, 0.2) is 5.82 Å². The van der Waals surface area contributed by atoms with Crippen LogP contribution in [0.2, 0.25) is 0 Å². The molecule has 0 aliphatic heterocycles. The molecule has 2 N–H and O–H groups in total. The highest BCUT2D eigenvalue weighted by atomic mass is 32.2. The first kappa shape index (κ1) is 20.4. The number of amides is 2. The van der Waals surface area contributed by atoms with Crippen molar-refractivity contribution in [3.05, 3.63) is 78.1 Å². The van der Waals surface area contributed by atoms with E-state index in [0.717, 1.165) is 10.5 Å². The van der Waals surface area contributed by atoms with Gasteiger partial charge in [0.25, 0.3) is 0 Å². The lowest BCUT2D eigenvalue weighted by Crippen LogP contribution is -2.22. The highest BCUT2D eigenvalue weighted by Gasteiger charge is 2.16. The number of carbonyl (C=O) groups is 2. The maximum atomic E-state index is 12.2. The van der Waals surface area contributed by atoms with Gasteiger partial charge in [0.05, 0.1) is 5.25 Å². The molecule has 1 heterocycles. The van der Waals surface area contributed by atoms with E-state index in [1.54, 1.807) is 19.1 Å². The van der Waals surface area contributed by atoms with Crippen molar-refractivity contribution in [1.82, 2.24) is 5.16 Å². The predicted octanol–water partition coefficient (Wildman–Crippen LogP) is 4.75. The van der Waals surface area contributed by atoms with E-state index in [4.69, 9.17) is 4.52 Å². The molecule has 3 aromatic rings. The zero-order valence-electron chi connectivity index (χ0n) is 16.1. The summed E-state index contributed by atoms with van der Waals surface area (Å²) in [7, 11) is 0. The number of hydrogen-bond acceptors (Lipinski definition) is 5. The summed E-state index contributed by atoms with van der Waals surface area (Å²) < 4.78 is 4.94. The summed E-state index contributed by atoms with van der Waals surface area (Å²) in [4.78, 5) is 25.2. The van der Waals surface area contributed by atoms with Crippen molar-refractivity contribution in [3.63, 3.8) is 0 Å². The van der Waals surface area contributed by atoms with E-state index < -0.39 is 0 Å². The van der Waals surface area contributed by atoms with Gasteiger partial charge in [-0.3, -0.25) is 9.59 Å². The molecule has 0 aliphatic carbocycles. The molecule has 7 heteroatoms. The zero-order valence-corrected chi connectivity index (χ0v) is 16.9. The van der Waals surface area contributed by atoms with Crippen molar-refractivity contribution in [3.8, 4) is 0 Å². The highest BCUT2D eigenvalue weighted by molar-refractivity contribution is 8.00. The molecule has 29 heavy (non-hydrogen) atoms. The fourth-order valence-corrected chi connectivity index (χ4v) is 3.32. The number of aromatic nitrogens is 1. The molecular weight excluding hydrogens is 386 g/mol. The monoisotopic (exact) mass is 407 g/mol. The third kappa shape index (κ3) is 6.36. The third-order valence-corrected chi connectivity index (χ3v) is 5.02. The Morgan fingerprint density at radius 3 is 2.45 bits per heavy atom. The number of benzene rings is 2. The van der Waals surface area contributed by atoms with Crippen molar-refractivity contribution in [2.24, 2.45) is 0 Å². The largest absolute Gasteiger partial charge is 0.360 e. The quantitative estimate of drug-likeness (QED) is 0.436. The van der Waals surface area contributed by atoms with Crippen LogP contribution in [0.4, 0.5) is 11.5 Å². The Morgan fingerprint density at radius 1 is 1.07 bits per heavy atom. The Balaban J connectivity index is 1.50. The summed E-state index contributed by atoms with van der Waals surface area (Å²) in [6.07, 6.45) is 3.26. The van der Waals surface area contributed by atoms with Crippen LogP contribution in [0.15, 0.2) is 76.2 Å². The Morgan fingerprint density at radius 2 is 1.79 bits per heavy atom. The average Bonchev–Trinajstić information content (AvgIpc) is 3.13. The first-order chi connectivity index (χ1) is 14.0. The molecule has 0 spiro atoms. The number of nitrogens with one attached hydrogen (secondary N) is 2.